The maximum absolute atomic E-state index is 15.3. The van der Waals surface area contributed by atoms with Gasteiger partial charge in [-0.15, -0.1) is 0 Å². The summed E-state index contributed by atoms with van der Waals surface area (Å²) < 4.78 is 27.2. The van der Waals surface area contributed by atoms with E-state index in [1.807, 2.05) is 38.1 Å². The maximum Gasteiger partial charge on any atom is 0.407 e. The molecule has 0 aliphatic carbocycles. The molecule has 4 aliphatic heterocycles. The van der Waals surface area contributed by atoms with E-state index in [1.54, 1.807) is 6.07 Å². The first-order chi connectivity index (χ1) is 15.8. The molecule has 2 aromatic rings. The standard InChI is InChI=1S/C27H33FN2O3/c1-4-17-6-5-7-19(12-17)20-14-23-21(13-22(20)28)25(27(2,3)16-32-23)29-26(31)33-24-15-30-10-8-18(24)9-11-30/h5-7,12-14,18,24-25H,4,8-11,15-16H2,1-3H3,(H,29,31)/t24-,25?/m0/s1. The molecular formula is C27H33FN2O3. The summed E-state index contributed by atoms with van der Waals surface area (Å²) >= 11 is 0. The molecule has 0 aromatic heterocycles. The van der Waals surface area contributed by atoms with Gasteiger partial charge in [0.1, 0.15) is 17.7 Å². The van der Waals surface area contributed by atoms with Crippen molar-refractivity contribution >= 4 is 6.09 Å². The van der Waals surface area contributed by atoms with Gasteiger partial charge in [-0.2, -0.15) is 0 Å². The number of hydrogen-bond acceptors (Lipinski definition) is 4. The number of carbonyl (C=O) groups excluding carboxylic acids is 1. The zero-order chi connectivity index (χ0) is 23.2. The van der Waals surface area contributed by atoms with Crippen molar-refractivity contribution < 1.29 is 18.7 Å². The summed E-state index contributed by atoms with van der Waals surface area (Å²) in [6.45, 7) is 9.53. The third-order valence-electron chi connectivity index (χ3n) is 7.55. The molecule has 3 fully saturated rings. The zero-order valence-electron chi connectivity index (χ0n) is 19.7. The number of rotatable bonds is 4. The van der Waals surface area contributed by atoms with Gasteiger partial charge in [-0.1, -0.05) is 45.0 Å². The number of halogens is 1. The van der Waals surface area contributed by atoms with E-state index in [9.17, 15) is 4.79 Å². The van der Waals surface area contributed by atoms with Gasteiger partial charge in [0.15, 0.2) is 0 Å². The molecule has 6 rings (SSSR count). The molecule has 2 aromatic carbocycles. The SMILES string of the molecule is CCc1cccc(-c2cc3c(cc2F)C(NC(=O)O[C@H]2CN4CCC2CC4)C(C)(C)CO3)c1. The van der Waals surface area contributed by atoms with Gasteiger partial charge in [0.05, 0.1) is 12.6 Å². The van der Waals surface area contributed by atoms with Crippen molar-refractivity contribution in [1.82, 2.24) is 10.2 Å². The van der Waals surface area contributed by atoms with Crippen molar-refractivity contribution in [3.05, 3.63) is 53.3 Å². The second-order valence-electron chi connectivity index (χ2n) is 10.4. The number of carbonyl (C=O) groups is 1. The lowest BCUT2D eigenvalue weighted by Crippen LogP contribution is -2.53. The molecule has 1 unspecified atom stereocenters. The number of alkyl carbamates (subject to hydrolysis) is 1. The van der Waals surface area contributed by atoms with Crippen LogP contribution >= 0.6 is 0 Å². The van der Waals surface area contributed by atoms with E-state index in [2.05, 4.69) is 17.1 Å². The van der Waals surface area contributed by atoms with E-state index < -0.39 is 17.6 Å². The number of piperidine rings is 3. The van der Waals surface area contributed by atoms with E-state index in [-0.39, 0.29) is 11.9 Å². The van der Waals surface area contributed by atoms with Crippen molar-refractivity contribution in [3.63, 3.8) is 0 Å². The second-order valence-corrected chi connectivity index (χ2v) is 10.4. The number of amides is 1. The number of benzene rings is 2. The number of hydrogen-bond donors (Lipinski definition) is 1. The van der Waals surface area contributed by atoms with Crippen molar-refractivity contribution in [3.8, 4) is 16.9 Å². The highest BCUT2D eigenvalue weighted by Gasteiger charge is 2.41. The molecule has 6 heteroatoms. The highest BCUT2D eigenvalue weighted by Crippen LogP contribution is 2.45. The van der Waals surface area contributed by atoms with Gasteiger partial charge in [0, 0.05) is 23.1 Å². The minimum Gasteiger partial charge on any atom is -0.493 e. The number of nitrogens with zero attached hydrogens (tertiary/aromatic N) is 1. The van der Waals surface area contributed by atoms with Crippen LogP contribution in [-0.2, 0) is 11.2 Å². The zero-order valence-corrected chi connectivity index (χ0v) is 19.7. The molecule has 33 heavy (non-hydrogen) atoms. The molecular weight excluding hydrogens is 419 g/mol. The summed E-state index contributed by atoms with van der Waals surface area (Å²) in [5.41, 5.74) is 2.75. The molecule has 1 amide bonds. The summed E-state index contributed by atoms with van der Waals surface area (Å²) in [5.74, 6) is 0.733. The highest BCUT2D eigenvalue weighted by atomic mass is 19.1. The van der Waals surface area contributed by atoms with Crippen molar-refractivity contribution in [1.29, 1.82) is 0 Å². The average Bonchev–Trinajstić information content (AvgIpc) is 2.81. The summed E-state index contributed by atoms with van der Waals surface area (Å²) in [4.78, 5) is 15.3. The molecule has 2 atom stereocenters. The molecule has 2 bridgehead atoms. The molecule has 1 N–H and O–H groups in total. The molecule has 4 aliphatic rings. The largest absolute Gasteiger partial charge is 0.493 e. The number of aryl methyl sites for hydroxylation is 1. The maximum atomic E-state index is 15.3. The Bertz CT molecular complexity index is 1050. The average molecular weight is 453 g/mol. The Labute approximate surface area is 195 Å². The molecule has 5 nitrogen and oxygen atoms in total. The first-order valence-electron chi connectivity index (χ1n) is 12.1. The summed E-state index contributed by atoms with van der Waals surface area (Å²) in [5, 5.41) is 3.05. The van der Waals surface area contributed by atoms with E-state index >= 15 is 4.39 Å². The molecule has 0 radical (unpaired) electrons. The Morgan fingerprint density at radius 2 is 2.03 bits per heavy atom. The lowest BCUT2D eigenvalue weighted by atomic mass is 9.78. The van der Waals surface area contributed by atoms with Gasteiger partial charge >= 0.3 is 6.09 Å². The van der Waals surface area contributed by atoms with Crippen LogP contribution in [0.5, 0.6) is 5.75 Å². The van der Waals surface area contributed by atoms with Crippen LogP contribution in [-0.4, -0.2) is 43.3 Å². The molecule has 3 saturated heterocycles. The summed E-state index contributed by atoms with van der Waals surface area (Å²) in [7, 11) is 0. The quantitative estimate of drug-likeness (QED) is 0.681. The Morgan fingerprint density at radius 1 is 1.24 bits per heavy atom. The van der Waals surface area contributed by atoms with Crippen LogP contribution in [0.25, 0.3) is 11.1 Å². The van der Waals surface area contributed by atoms with Crippen molar-refractivity contribution in [2.45, 2.75) is 52.2 Å². The topological polar surface area (TPSA) is 50.8 Å². The minimum absolute atomic E-state index is 0.0696. The molecule has 176 valence electrons. The number of ether oxygens (including phenoxy) is 2. The summed E-state index contributed by atoms with van der Waals surface area (Å²) in [6.07, 6.45) is 2.55. The minimum atomic E-state index is -0.431. The first-order valence-corrected chi connectivity index (χ1v) is 12.1. The fourth-order valence-corrected chi connectivity index (χ4v) is 5.47. The lowest BCUT2D eigenvalue weighted by Gasteiger charge is -2.44. The fraction of sp³-hybridized carbons (Fsp3) is 0.519. The van der Waals surface area contributed by atoms with Gasteiger partial charge in [-0.3, -0.25) is 4.90 Å². The van der Waals surface area contributed by atoms with Crippen LogP contribution in [0.15, 0.2) is 36.4 Å². The Morgan fingerprint density at radius 3 is 2.73 bits per heavy atom. The normalized spacial score (nSPS) is 27.4. The van der Waals surface area contributed by atoms with Gasteiger partial charge in [-0.25, -0.2) is 9.18 Å². The third kappa shape index (κ3) is 4.33. The molecule has 0 spiro atoms. The van der Waals surface area contributed by atoms with Crippen LogP contribution < -0.4 is 10.1 Å². The van der Waals surface area contributed by atoms with E-state index in [0.717, 1.165) is 50.0 Å². The predicted octanol–water partition coefficient (Wildman–Crippen LogP) is 5.34. The van der Waals surface area contributed by atoms with Gasteiger partial charge in [0.2, 0.25) is 0 Å². The Kier molecular flexibility index (Phi) is 5.81. The third-order valence-corrected chi connectivity index (χ3v) is 7.55. The van der Waals surface area contributed by atoms with Crippen LogP contribution in [0, 0.1) is 17.2 Å². The second kappa shape index (κ2) is 8.64. The van der Waals surface area contributed by atoms with E-state index in [0.29, 0.717) is 29.4 Å². The Balaban J connectivity index is 1.39. The van der Waals surface area contributed by atoms with Crippen LogP contribution in [0.3, 0.4) is 0 Å². The number of fused-ring (bicyclic) bond motifs is 4. The number of nitrogens with one attached hydrogen (secondary N) is 1. The van der Waals surface area contributed by atoms with E-state index in [1.165, 1.54) is 6.07 Å². The first kappa shape index (κ1) is 22.2. The fourth-order valence-electron chi connectivity index (χ4n) is 5.47. The van der Waals surface area contributed by atoms with Crippen LogP contribution in [0.4, 0.5) is 9.18 Å². The molecule has 4 heterocycles. The van der Waals surface area contributed by atoms with Crippen molar-refractivity contribution in [2.24, 2.45) is 11.3 Å². The summed E-state index contributed by atoms with van der Waals surface area (Å²) in [6, 6.07) is 10.8. The highest BCUT2D eigenvalue weighted by molar-refractivity contribution is 5.71. The predicted molar refractivity (Wildman–Crippen MR) is 126 cm³/mol. The monoisotopic (exact) mass is 452 g/mol. The van der Waals surface area contributed by atoms with Gasteiger partial charge in [0.25, 0.3) is 0 Å². The van der Waals surface area contributed by atoms with Crippen molar-refractivity contribution in [2.75, 3.05) is 26.2 Å². The Hall–Kier alpha value is -2.60. The van der Waals surface area contributed by atoms with Gasteiger partial charge in [-0.05, 0) is 61.5 Å². The van der Waals surface area contributed by atoms with Crippen LogP contribution in [0.1, 0.15) is 50.8 Å². The lowest BCUT2D eigenvalue weighted by molar-refractivity contribution is -0.0361. The molecule has 0 saturated carbocycles. The van der Waals surface area contributed by atoms with E-state index in [4.69, 9.17) is 9.47 Å². The van der Waals surface area contributed by atoms with Gasteiger partial charge < -0.3 is 14.8 Å². The smallest absolute Gasteiger partial charge is 0.407 e. The van der Waals surface area contributed by atoms with Crippen LogP contribution in [0.2, 0.25) is 0 Å².